The molecule has 78 valence electrons. The van der Waals surface area contributed by atoms with Crippen LogP contribution in [0.4, 0.5) is 5.69 Å². The van der Waals surface area contributed by atoms with Gasteiger partial charge in [-0.1, -0.05) is 15.9 Å². The van der Waals surface area contributed by atoms with Crippen molar-refractivity contribution >= 4 is 32.4 Å². The zero-order chi connectivity index (χ0) is 11.7. The molecule has 0 N–H and O–H groups in total. The van der Waals surface area contributed by atoms with E-state index in [-0.39, 0.29) is 11.4 Å². The van der Waals surface area contributed by atoms with Crippen molar-refractivity contribution in [3.8, 4) is 6.07 Å². The summed E-state index contributed by atoms with van der Waals surface area (Å²) in [5.41, 5.74) is 0.144. The molecule has 0 atom stereocenters. The smallest absolute Gasteiger partial charge is 0.258 e. The second-order valence-corrected chi connectivity index (χ2v) is 3.96. The molecule has 16 heavy (non-hydrogen) atoms. The molecular formula is C10H4BrN3O2. The molecule has 0 amide bonds. The number of pyridine rings is 1. The van der Waals surface area contributed by atoms with Gasteiger partial charge in [-0.15, -0.1) is 0 Å². The number of benzene rings is 1. The number of nitro benzene ring substituents is 1. The normalized spacial score (nSPS) is 10.0. The van der Waals surface area contributed by atoms with Gasteiger partial charge in [0.15, 0.2) is 0 Å². The van der Waals surface area contributed by atoms with Crippen LogP contribution in [0.1, 0.15) is 5.69 Å². The first kappa shape index (κ1) is 10.5. The minimum Gasteiger partial charge on any atom is -0.258 e. The minimum atomic E-state index is -0.478. The summed E-state index contributed by atoms with van der Waals surface area (Å²) >= 11 is 3.17. The van der Waals surface area contributed by atoms with Gasteiger partial charge in [-0.3, -0.25) is 10.1 Å². The number of hydrogen-bond donors (Lipinski definition) is 0. The number of hydrogen-bond acceptors (Lipinski definition) is 4. The van der Waals surface area contributed by atoms with Crippen LogP contribution in [0, 0.1) is 21.4 Å². The zero-order valence-corrected chi connectivity index (χ0v) is 9.43. The summed E-state index contributed by atoms with van der Waals surface area (Å²) in [4.78, 5) is 14.2. The van der Waals surface area contributed by atoms with Crippen LogP contribution in [0.2, 0.25) is 0 Å². The Hall–Kier alpha value is -2.00. The minimum absolute atomic E-state index is 0.0386. The standard InChI is InChI=1S/C10H4BrN3O2/c11-6-3-8-7(10(4-6)14(15)16)1-2-13-9(8)5-12/h1-4H. The molecule has 6 heteroatoms. The van der Waals surface area contributed by atoms with E-state index in [9.17, 15) is 10.1 Å². The Morgan fingerprint density at radius 3 is 2.81 bits per heavy atom. The lowest BCUT2D eigenvalue weighted by atomic mass is 10.1. The van der Waals surface area contributed by atoms with Crippen molar-refractivity contribution in [1.82, 2.24) is 4.98 Å². The van der Waals surface area contributed by atoms with Gasteiger partial charge in [-0.2, -0.15) is 5.26 Å². The van der Waals surface area contributed by atoms with Gasteiger partial charge in [-0.25, -0.2) is 4.98 Å². The molecule has 5 nitrogen and oxygen atoms in total. The van der Waals surface area contributed by atoms with Gasteiger partial charge in [-0.05, 0) is 12.1 Å². The van der Waals surface area contributed by atoms with Gasteiger partial charge < -0.3 is 0 Å². The van der Waals surface area contributed by atoms with E-state index in [0.29, 0.717) is 15.2 Å². The Labute approximate surface area is 98.6 Å². The molecule has 2 aromatic rings. The summed E-state index contributed by atoms with van der Waals surface area (Å²) in [5, 5.41) is 20.6. The lowest BCUT2D eigenvalue weighted by Gasteiger charge is -2.01. The molecule has 0 aliphatic heterocycles. The highest BCUT2D eigenvalue weighted by molar-refractivity contribution is 9.10. The molecule has 0 radical (unpaired) electrons. The second-order valence-electron chi connectivity index (χ2n) is 3.05. The van der Waals surface area contributed by atoms with Gasteiger partial charge in [0.25, 0.3) is 5.69 Å². The molecule has 0 unspecified atom stereocenters. The summed E-state index contributed by atoms with van der Waals surface area (Å²) < 4.78 is 0.552. The number of nitro groups is 1. The number of nitrogens with zero attached hydrogens (tertiary/aromatic N) is 3. The van der Waals surface area contributed by atoms with Crippen LogP contribution in [0.5, 0.6) is 0 Å². The Balaban J connectivity index is 2.95. The quantitative estimate of drug-likeness (QED) is 0.593. The predicted octanol–water partition coefficient (Wildman–Crippen LogP) is 2.78. The lowest BCUT2D eigenvalue weighted by molar-refractivity contribution is -0.383. The summed E-state index contributed by atoms with van der Waals surface area (Å²) in [7, 11) is 0. The predicted molar refractivity (Wildman–Crippen MR) is 60.8 cm³/mol. The topological polar surface area (TPSA) is 79.8 Å². The first-order valence-electron chi connectivity index (χ1n) is 4.26. The molecule has 1 aromatic carbocycles. The Morgan fingerprint density at radius 2 is 2.19 bits per heavy atom. The SMILES string of the molecule is N#Cc1nccc2c([N+](=O)[O-])cc(Br)cc12. The monoisotopic (exact) mass is 277 g/mol. The van der Waals surface area contributed by atoms with Crippen LogP contribution in [0.25, 0.3) is 10.8 Å². The number of rotatable bonds is 1. The molecule has 0 saturated carbocycles. The molecule has 0 spiro atoms. The Kier molecular flexibility index (Phi) is 2.54. The molecule has 1 heterocycles. The van der Waals surface area contributed by atoms with Crippen molar-refractivity contribution in [3.63, 3.8) is 0 Å². The van der Waals surface area contributed by atoms with E-state index in [1.165, 1.54) is 18.3 Å². The average Bonchev–Trinajstić information content (AvgIpc) is 2.27. The van der Waals surface area contributed by atoms with E-state index in [0.717, 1.165) is 0 Å². The number of fused-ring (bicyclic) bond motifs is 1. The van der Waals surface area contributed by atoms with Crippen LogP contribution >= 0.6 is 15.9 Å². The van der Waals surface area contributed by atoms with Crippen molar-refractivity contribution in [2.45, 2.75) is 0 Å². The van der Waals surface area contributed by atoms with Crippen LogP contribution in [-0.4, -0.2) is 9.91 Å². The maximum absolute atomic E-state index is 10.8. The second kappa shape index (κ2) is 3.87. The summed E-state index contributed by atoms with van der Waals surface area (Å²) in [5.74, 6) is 0. The largest absolute Gasteiger partial charge is 0.278 e. The van der Waals surface area contributed by atoms with E-state index >= 15 is 0 Å². The van der Waals surface area contributed by atoms with E-state index in [2.05, 4.69) is 20.9 Å². The first-order valence-corrected chi connectivity index (χ1v) is 5.05. The van der Waals surface area contributed by atoms with Crippen LogP contribution in [0.15, 0.2) is 28.9 Å². The van der Waals surface area contributed by atoms with Gasteiger partial charge in [0.1, 0.15) is 11.8 Å². The fourth-order valence-electron chi connectivity index (χ4n) is 1.47. The van der Waals surface area contributed by atoms with Crippen molar-refractivity contribution in [3.05, 3.63) is 44.7 Å². The van der Waals surface area contributed by atoms with Crippen molar-refractivity contribution in [1.29, 1.82) is 5.26 Å². The molecular weight excluding hydrogens is 274 g/mol. The molecule has 0 aliphatic carbocycles. The maximum atomic E-state index is 10.8. The third-order valence-electron chi connectivity index (χ3n) is 2.13. The van der Waals surface area contributed by atoms with E-state index in [4.69, 9.17) is 5.26 Å². The molecule has 2 rings (SSSR count). The van der Waals surface area contributed by atoms with Crippen LogP contribution in [-0.2, 0) is 0 Å². The molecule has 1 aromatic heterocycles. The van der Waals surface area contributed by atoms with E-state index in [1.54, 1.807) is 6.07 Å². The highest BCUT2D eigenvalue weighted by Crippen LogP contribution is 2.30. The fourth-order valence-corrected chi connectivity index (χ4v) is 1.92. The summed E-state index contributed by atoms with van der Waals surface area (Å²) in [6, 6.07) is 6.49. The van der Waals surface area contributed by atoms with Crippen molar-refractivity contribution < 1.29 is 4.92 Å². The fraction of sp³-hybridized carbons (Fsp3) is 0. The molecule has 0 fully saturated rings. The Bertz CT molecular complexity index is 634. The van der Waals surface area contributed by atoms with Crippen molar-refractivity contribution in [2.24, 2.45) is 0 Å². The van der Waals surface area contributed by atoms with Crippen molar-refractivity contribution in [2.75, 3.05) is 0 Å². The van der Waals surface area contributed by atoms with Gasteiger partial charge in [0.2, 0.25) is 0 Å². The van der Waals surface area contributed by atoms with Crippen LogP contribution in [0.3, 0.4) is 0 Å². The number of nitriles is 1. The first-order chi connectivity index (χ1) is 7.63. The highest BCUT2D eigenvalue weighted by Gasteiger charge is 2.15. The summed E-state index contributed by atoms with van der Waals surface area (Å²) in [6.07, 6.45) is 1.39. The van der Waals surface area contributed by atoms with E-state index < -0.39 is 4.92 Å². The number of aromatic nitrogens is 1. The van der Waals surface area contributed by atoms with Gasteiger partial charge in [0.05, 0.1) is 10.3 Å². The third kappa shape index (κ3) is 1.61. The zero-order valence-electron chi connectivity index (χ0n) is 7.85. The third-order valence-corrected chi connectivity index (χ3v) is 2.58. The number of halogens is 1. The molecule has 0 aliphatic rings. The maximum Gasteiger partial charge on any atom is 0.278 e. The highest BCUT2D eigenvalue weighted by atomic mass is 79.9. The average molecular weight is 278 g/mol. The molecule has 0 bridgehead atoms. The van der Waals surface area contributed by atoms with Gasteiger partial charge in [0, 0.05) is 22.1 Å². The Morgan fingerprint density at radius 1 is 1.44 bits per heavy atom. The van der Waals surface area contributed by atoms with Gasteiger partial charge >= 0.3 is 0 Å². The van der Waals surface area contributed by atoms with Crippen LogP contribution < -0.4 is 0 Å². The lowest BCUT2D eigenvalue weighted by Crippen LogP contribution is -1.92. The molecule has 0 saturated heterocycles. The summed E-state index contributed by atoms with van der Waals surface area (Å²) in [6.45, 7) is 0. The van der Waals surface area contributed by atoms with E-state index in [1.807, 2.05) is 6.07 Å². The number of non-ortho nitro benzene ring substituents is 1.